The highest BCUT2D eigenvalue weighted by Gasteiger charge is 2.25. The smallest absolute Gasteiger partial charge is 0.127 e. The zero-order valence-corrected chi connectivity index (χ0v) is 17.8. The molecule has 5 aromatic rings. The number of hydrogen-bond acceptors (Lipinski definition) is 3. The molecular weight excluding hydrogens is 406 g/mol. The number of para-hydroxylation sites is 2. The molecule has 0 radical (unpaired) electrons. The first kappa shape index (κ1) is 19.3. The molecule has 0 amide bonds. The Labute approximate surface area is 192 Å². The van der Waals surface area contributed by atoms with Gasteiger partial charge in [-0.05, 0) is 48.0 Å². The second kappa shape index (κ2) is 8.24. The van der Waals surface area contributed by atoms with E-state index in [1.54, 1.807) is 0 Å². The van der Waals surface area contributed by atoms with E-state index in [4.69, 9.17) is 9.72 Å². The monoisotopic (exact) mass is 427 g/mol. The van der Waals surface area contributed by atoms with Gasteiger partial charge < -0.3 is 9.72 Å². The van der Waals surface area contributed by atoms with E-state index in [-0.39, 0.29) is 5.92 Å². The quantitative estimate of drug-likeness (QED) is 0.318. The van der Waals surface area contributed by atoms with Crippen molar-refractivity contribution < 1.29 is 4.74 Å². The Hall–Kier alpha value is -4.44. The number of aliphatic imine (C=N–C) groups is 1. The maximum atomic E-state index is 5.97. The molecule has 6 rings (SSSR count). The van der Waals surface area contributed by atoms with Crippen molar-refractivity contribution >= 4 is 11.9 Å². The molecule has 0 spiro atoms. The number of aromatic amines is 1. The molecule has 0 saturated heterocycles. The van der Waals surface area contributed by atoms with Crippen molar-refractivity contribution in [2.75, 3.05) is 0 Å². The summed E-state index contributed by atoms with van der Waals surface area (Å²) in [7, 11) is 0. The number of ether oxygens (including phenoxy) is 1. The van der Waals surface area contributed by atoms with Crippen molar-refractivity contribution in [1.29, 1.82) is 0 Å². The molecule has 1 aliphatic heterocycles. The molecular formula is C29H21N3O. The van der Waals surface area contributed by atoms with Gasteiger partial charge in [-0.3, -0.25) is 4.99 Å². The Kier molecular flexibility index (Phi) is 4.81. The number of aromatic nitrogens is 2. The Balaban J connectivity index is 1.39. The SMILES string of the molecule is C1=Nc2ccccc2C1c1nc(-c2ccccc2)c(-c2ccc(Oc3ccccc3)cc2)[nH]1. The van der Waals surface area contributed by atoms with Crippen molar-refractivity contribution in [2.45, 2.75) is 5.92 Å². The molecule has 1 aromatic heterocycles. The number of benzene rings is 4. The minimum Gasteiger partial charge on any atom is -0.457 e. The van der Waals surface area contributed by atoms with Crippen LogP contribution in [0.1, 0.15) is 17.3 Å². The van der Waals surface area contributed by atoms with Crippen LogP contribution in [0, 0.1) is 0 Å². The van der Waals surface area contributed by atoms with Crippen molar-refractivity contribution in [2.24, 2.45) is 4.99 Å². The van der Waals surface area contributed by atoms with Crippen LogP contribution >= 0.6 is 0 Å². The third-order valence-corrected chi connectivity index (χ3v) is 5.82. The van der Waals surface area contributed by atoms with Gasteiger partial charge in [-0.15, -0.1) is 0 Å². The largest absolute Gasteiger partial charge is 0.457 e. The van der Waals surface area contributed by atoms with Crippen LogP contribution in [0.4, 0.5) is 5.69 Å². The van der Waals surface area contributed by atoms with Gasteiger partial charge >= 0.3 is 0 Å². The highest BCUT2D eigenvalue weighted by molar-refractivity contribution is 5.85. The highest BCUT2D eigenvalue weighted by atomic mass is 16.5. The lowest BCUT2D eigenvalue weighted by molar-refractivity contribution is 0.483. The number of imidazole rings is 1. The average molecular weight is 428 g/mol. The first-order chi connectivity index (χ1) is 16.3. The summed E-state index contributed by atoms with van der Waals surface area (Å²) >= 11 is 0. The summed E-state index contributed by atoms with van der Waals surface area (Å²) in [5.74, 6) is 2.52. The molecule has 0 bridgehead atoms. The van der Waals surface area contributed by atoms with Crippen LogP contribution < -0.4 is 4.74 Å². The van der Waals surface area contributed by atoms with Gasteiger partial charge in [-0.2, -0.15) is 0 Å². The Morgan fingerprint density at radius 2 is 1.30 bits per heavy atom. The number of nitrogens with zero attached hydrogens (tertiary/aromatic N) is 2. The predicted molar refractivity (Wildman–Crippen MR) is 132 cm³/mol. The zero-order valence-electron chi connectivity index (χ0n) is 17.8. The fraction of sp³-hybridized carbons (Fsp3) is 0.0345. The van der Waals surface area contributed by atoms with Crippen LogP contribution in [0.25, 0.3) is 22.5 Å². The van der Waals surface area contributed by atoms with Crippen LogP contribution in [-0.2, 0) is 0 Å². The lowest BCUT2D eigenvalue weighted by Gasteiger charge is -2.07. The van der Waals surface area contributed by atoms with Crippen molar-refractivity contribution in [3.8, 4) is 34.0 Å². The standard InChI is InChI=1S/C29H21N3O/c1-3-9-20(10-4-1)27-28(21-15-17-23(18-16-21)33-22-11-5-2-6-12-22)32-29(31-27)25-19-30-26-14-8-7-13-24(25)26/h1-19,25H,(H,31,32). The van der Waals surface area contributed by atoms with Crippen LogP contribution in [0.5, 0.6) is 11.5 Å². The molecule has 2 heterocycles. The van der Waals surface area contributed by atoms with Crippen LogP contribution in [0.15, 0.2) is 114 Å². The van der Waals surface area contributed by atoms with Gasteiger partial charge in [0.05, 0.1) is 23.0 Å². The van der Waals surface area contributed by atoms with Crippen molar-refractivity contribution in [1.82, 2.24) is 9.97 Å². The predicted octanol–water partition coefficient (Wildman–Crippen LogP) is 7.38. The Morgan fingerprint density at radius 1 is 0.636 bits per heavy atom. The minimum atomic E-state index is 0.0121. The fourth-order valence-corrected chi connectivity index (χ4v) is 4.19. The zero-order chi connectivity index (χ0) is 22.0. The molecule has 1 atom stereocenters. The second-order valence-corrected chi connectivity index (χ2v) is 7.97. The number of nitrogens with one attached hydrogen (secondary N) is 1. The maximum Gasteiger partial charge on any atom is 0.127 e. The van der Waals surface area contributed by atoms with Crippen LogP contribution in [-0.4, -0.2) is 16.2 Å². The van der Waals surface area contributed by atoms with E-state index in [9.17, 15) is 0 Å². The Bertz CT molecular complexity index is 1420. The Morgan fingerprint density at radius 3 is 2.09 bits per heavy atom. The molecule has 4 heteroatoms. The van der Waals surface area contributed by atoms with E-state index in [2.05, 4.69) is 40.3 Å². The van der Waals surface area contributed by atoms with Crippen LogP contribution in [0.3, 0.4) is 0 Å². The number of hydrogen-bond donors (Lipinski definition) is 1. The van der Waals surface area contributed by atoms with E-state index >= 15 is 0 Å². The lowest BCUT2D eigenvalue weighted by atomic mass is 10.0. The molecule has 158 valence electrons. The van der Waals surface area contributed by atoms with E-state index in [1.807, 2.05) is 85.1 Å². The molecule has 0 fully saturated rings. The molecule has 33 heavy (non-hydrogen) atoms. The molecule has 1 unspecified atom stereocenters. The maximum absolute atomic E-state index is 5.97. The summed E-state index contributed by atoms with van der Waals surface area (Å²) in [6, 6.07) is 36.4. The van der Waals surface area contributed by atoms with Gasteiger partial charge in [-0.25, -0.2) is 4.98 Å². The van der Waals surface area contributed by atoms with Crippen LogP contribution in [0.2, 0.25) is 0 Å². The summed E-state index contributed by atoms with van der Waals surface area (Å²) in [6.07, 6.45) is 1.97. The topological polar surface area (TPSA) is 50.3 Å². The third kappa shape index (κ3) is 3.72. The molecule has 0 aliphatic carbocycles. The number of fused-ring (bicyclic) bond motifs is 1. The number of rotatable bonds is 5. The van der Waals surface area contributed by atoms with Gasteiger partial charge in [0.15, 0.2) is 0 Å². The first-order valence-corrected chi connectivity index (χ1v) is 11.0. The van der Waals surface area contributed by atoms with E-state index in [0.29, 0.717) is 0 Å². The normalized spacial score (nSPS) is 14.2. The summed E-state index contributed by atoms with van der Waals surface area (Å²) in [5, 5.41) is 0. The third-order valence-electron chi connectivity index (χ3n) is 5.82. The van der Waals surface area contributed by atoms with Crippen molar-refractivity contribution in [3.05, 3.63) is 121 Å². The van der Waals surface area contributed by atoms with Gasteiger partial charge in [-0.1, -0.05) is 66.7 Å². The molecule has 4 aromatic carbocycles. The van der Waals surface area contributed by atoms with Gasteiger partial charge in [0.1, 0.15) is 17.3 Å². The molecule has 1 N–H and O–H groups in total. The summed E-state index contributed by atoms with van der Waals surface area (Å²) < 4.78 is 5.97. The molecule has 1 aliphatic rings. The fourth-order valence-electron chi connectivity index (χ4n) is 4.19. The summed E-state index contributed by atoms with van der Waals surface area (Å²) in [5.41, 5.74) is 6.22. The summed E-state index contributed by atoms with van der Waals surface area (Å²) in [6.45, 7) is 0. The van der Waals surface area contributed by atoms with E-state index < -0.39 is 0 Å². The molecule has 4 nitrogen and oxygen atoms in total. The van der Waals surface area contributed by atoms with Gasteiger partial charge in [0.2, 0.25) is 0 Å². The van der Waals surface area contributed by atoms with Gasteiger partial charge in [0, 0.05) is 17.3 Å². The first-order valence-electron chi connectivity index (χ1n) is 11.0. The van der Waals surface area contributed by atoms with Crippen molar-refractivity contribution in [3.63, 3.8) is 0 Å². The molecule has 0 saturated carbocycles. The number of H-pyrrole nitrogens is 1. The minimum absolute atomic E-state index is 0.0121. The van der Waals surface area contributed by atoms with E-state index in [0.717, 1.165) is 45.5 Å². The second-order valence-electron chi connectivity index (χ2n) is 7.97. The van der Waals surface area contributed by atoms with E-state index in [1.165, 1.54) is 5.56 Å². The van der Waals surface area contributed by atoms with Gasteiger partial charge in [0.25, 0.3) is 0 Å². The summed E-state index contributed by atoms with van der Waals surface area (Å²) in [4.78, 5) is 13.2. The average Bonchev–Trinajstić information content (AvgIpc) is 3.50. The lowest BCUT2D eigenvalue weighted by Crippen LogP contribution is -2.01. The highest BCUT2D eigenvalue weighted by Crippen LogP contribution is 2.38.